The van der Waals surface area contributed by atoms with Crippen molar-refractivity contribution in [2.24, 2.45) is 0 Å². The minimum Gasteiger partial charge on any atom is -0.290 e. The molecule has 164 valence electrons. The highest BCUT2D eigenvalue weighted by Gasteiger charge is 2.42. The van der Waals surface area contributed by atoms with Crippen molar-refractivity contribution >= 4 is 17.2 Å². The molecule has 0 saturated heterocycles. The fourth-order valence-corrected chi connectivity index (χ4v) is 4.71. The molecule has 0 aliphatic carbocycles. The first kappa shape index (κ1) is 22.6. The van der Waals surface area contributed by atoms with Crippen molar-refractivity contribution in [3.05, 3.63) is 83.2 Å². The quantitative estimate of drug-likeness (QED) is 0.479. The van der Waals surface area contributed by atoms with Gasteiger partial charge in [0.1, 0.15) is 0 Å². The number of rotatable bonds is 2. The number of para-hydroxylation sites is 2. The van der Waals surface area contributed by atoms with Crippen molar-refractivity contribution < 1.29 is 4.79 Å². The second-order valence-electron chi connectivity index (χ2n) is 9.18. The van der Waals surface area contributed by atoms with Gasteiger partial charge in [0.25, 0.3) is 0 Å². The van der Waals surface area contributed by atoms with Crippen LogP contribution in [0.2, 0.25) is 0 Å². The average Bonchev–Trinajstić information content (AvgIpc) is 3.16. The summed E-state index contributed by atoms with van der Waals surface area (Å²) < 4.78 is 0. The van der Waals surface area contributed by atoms with Gasteiger partial charge in [-0.25, -0.2) is 0 Å². The van der Waals surface area contributed by atoms with E-state index in [1.54, 1.807) is 12.2 Å². The molecule has 0 unspecified atom stereocenters. The van der Waals surface area contributed by atoms with Gasteiger partial charge >= 0.3 is 0 Å². The van der Waals surface area contributed by atoms with Crippen molar-refractivity contribution in [1.29, 1.82) is 0 Å². The normalized spacial score (nSPS) is 18.6. The zero-order valence-electron chi connectivity index (χ0n) is 19.7. The van der Waals surface area contributed by atoms with Gasteiger partial charge in [-0.2, -0.15) is 0 Å². The number of ketones is 1. The smallest absolute Gasteiger partial charge is 0.182 e. The Hall–Kier alpha value is -4.57. The molecule has 2 aliphatic heterocycles. The zero-order chi connectivity index (χ0) is 24.5. The minimum atomic E-state index is -0.425. The van der Waals surface area contributed by atoms with E-state index in [0.29, 0.717) is 0 Å². The van der Waals surface area contributed by atoms with Gasteiger partial charge in [-0.3, -0.25) is 14.6 Å². The molecule has 2 aliphatic rings. The summed E-state index contributed by atoms with van der Waals surface area (Å²) in [6.45, 7) is 8.32. The summed E-state index contributed by atoms with van der Waals surface area (Å²) >= 11 is 0. The van der Waals surface area contributed by atoms with Gasteiger partial charge in [-0.05, 0) is 35.1 Å². The highest BCUT2D eigenvalue weighted by atomic mass is 16.1. The van der Waals surface area contributed by atoms with E-state index in [-0.39, 0.29) is 5.78 Å². The predicted octanol–water partition coefficient (Wildman–Crippen LogP) is 5.11. The van der Waals surface area contributed by atoms with E-state index in [0.717, 1.165) is 33.9 Å². The number of carbonyl (C=O) groups is 1. The standard InChI is InChI=1S/C31H24N2O/c1-7-9-19-32-26-17-13-11-15-24(26)30(3,4)28(32)21-23(34)22-29-31(5,6)25-16-12-14-18-27(25)33(29)20-10-8-2/h1-2,11-18,21-22H,3-6H3. The summed E-state index contributed by atoms with van der Waals surface area (Å²) in [5, 5.41) is 0. The summed E-state index contributed by atoms with van der Waals surface area (Å²) in [4.78, 5) is 17.1. The van der Waals surface area contributed by atoms with Crippen LogP contribution in [0.4, 0.5) is 11.4 Å². The zero-order valence-corrected chi connectivity index (χ0v) is 19.7. The van der Waals surface area contributed by atoms with E-state index in [9.17, 15) is 4.79 Å². The molecule has 0 saturated carbocycles. The topological polar surface area (TPSA) is 23.6 Å². The molecule has 4 rings (SSSR count). The number of carbonyl (C=O) groups excluding carboxylic acids is 1. The van der Waals surface area contributed by atoms with Gasteiger partial charge in [-0.1, -0.05) is 64.1 Å². The third kappa shape index (κ3) is 3.55. The van der Waals surface area contributed by atoms with Crippen LogP contribution in [0.25, 0.3) is 0 Å². The molecular formula is C31H24N2O. The van der Waals surface area contributed by atoms with Gasteiger partial charge in [0.05, 0.1) is 11.4 Å². The number of anilines is 2. The third-order valence-electron chi connectivity index (χ3n) is 6.44. The van der Waals surface area contributed by atoms with Crippen LogP contribution >= 0.6 is 0 Å². The van der Waals surface area contributed by atoms with Crippen LogP contribution in [0.15, 0.2) is 72.1 Å². The van der Waals surface area contributed by atoms with E-state index in [2.05, 4.69) is 75.6 Å². The number of terminal acetylenes is 2. The largest absolute Gasteiger partial charge is 0.290 e. The van der Waals surface area contributed by atoms with Crippen LogP contribution in [0.3, 0.4) is 0 Å². The lowest BCUT2D eigenvalue weighted by molar-refractivity contribution is -0.110. The van der Waals surface area contributed by atoms with Gasteiger partial charge in [0.2, 0.25) is 0 Å². The van der Waals surface area contributed by atoms with Crippen LogP contribution in [0, 0.1) is 48.6 Å². The number of benzene rings is 2. The van der Waals surface area contributed by atoms with Gasteiger partial charge in [0.15, 0.2) is 5.78 Å². The molecule has 34 heavy (non-hydrogen) atoms. The van der Waals surface area contributed by atoms with Crippen LogP contribution in [-0.4, -0.2) is 5.78 Å². The molecule has 0 bridgehead atoms. The molecule has 0 fully saturated rings. The first-order valence-electron chi connectivity index (χ1n) is 10.9. The van der Waals surface area contributed by atoms with Gasteiger partial charge < -0.3 is 0 Å². The predicted molar refractivity (Wildman–Crippen MR) is 138 cm³/mol. The molecule has 0 amide bonds. The Labute approximate surface area is 202 Å². The van der Waals surface area contributed by atoms with E-state index < -0.39 is 10.8 Å². The number of hydrogen-bond acceptors (Lipinski definition) is 3. The van der Waals surface area contributed by atoms with Crippen molar-refractivity contribution in [3.8, 4) is 48.6 Å². The van der Waals surface area contributed by atoms with Gasteiger partial charge in [-0.15, -0.1) is 12.8 Å². The summed E-state index contributed by atoms with van der Waals surface area (Å²) in [6.07, 6.45) is 14.1. The summed E-state index contributed by atoms with van der Waals surface area (Å²) in [6, 6.07) is 22.0. The number of allylic oxidation sites excluding steroid dienone is 4. The maximum absolute atomic E-state index is 13.5. The van der Waals surface area contributed by atoms with Gasteiger partial charge in [0, 0.05) is 58.3 Å². The summed E-state index contributed by atoms with van der Waals surface area (Å²) in [7, 11) is 0. The van der Waals surface area contributed by atoms with Crippen LogP contribution < -0.4 is 9.80 Å². The lowest BCUT2D eigenvalue weighted by atomic mass is 9.82. The Balaban J connectivity index is 1.83. The molecule has 0 N–H and O–H groups in total. The maximum atomic E-state index is 13.5. The molecule has 0 atom stereocenters. The SMILES string of the molecule is C#CC#CN1C(=CC(=O)C=C2N(C#CC#C)c3ccccc3C2(C)C)C(C)(C)c2ccccc21. The highest BCUT2D eigenvalue weighted by Crippen LogP contribution is 2.48. The van der Waals surface area contributed by atoms with Crippen LogP contribution in [0.1, 0.15) is 38.8 Å². The fraction of sp³-hybridized carbons (Fsp3) is 0.194. The van der Waals surface area contributed by atoms with Crippen LogP contribution in [-0.2, 0) is 15.6 Å². The average molecular weight is 441 g/mol. The number of nitrogens with zero attached hydrogens (tertiary/aromatic N) is 2. The molecule has 3 nitrogen and oxygen atoms in total. The Bertz CT molecular complexity index is 1350. The number of fused-ring (bicyclic) bond motifs is 2. The summed E-state index contributed by atoms with van der Waals surface area (Å²) in [5.74, 6) is 9.96. The van der Waals surface area contributed by atoms with Crippen molar-refractivity contribution in [3.63, 3.8) is 0 Å². The van der Waals surface area contributed by atoms with E-state index in [4.69, 9.17) is 12.8 Å². The van der Waals surface area contributed by atoms with E-state index in [1.165, 1.54) is 0 Å². The molecule has 0 aromatic heterocycles. The lowest BCUT2D eigenvalue weighted by Crippen LogP contribution is -2.25. The molecule has 0 spiro atoms. The maximum Gasteiger partial charge on any atom is 0.182 e. The first-order valence-corrected chi connectivity index (χ1v) is 10.9. The third-order valence-corrected chi connectivity index (χ3v) is 6.44. The molecule has 2 aromatic rings. The lowest BCUT2D eigenvalue weighted by Gasteiger charge is -2.24. The van der Waals surface area contributed by atoms with Crippen molar-refractivity contribution in [1.82, 2.24) is 0 Å². The Morgan fingerprint density at radius 2 is 1.12 bits per heavy atom. The highest BCUT2D eigenvalue weighted by molar-refractivity contribution is 6.03. The Kier molecular flexibility index (Phi) is 5.60. The summed E-state index contributed by atoms with van der Waals surface area (Å²) in [5.41, 5.74) is 4.72. The van der Waals surface area contributed by atoms with Crippen LogP contribution in [0.5, 0.6) is 0 Å². The molecule has 2 aromatic carbocycles. The Morgan fingerprint density at radius 1 is 0.735 bits per heavy atom. The van der Waals surface area contributed by atoms with Crippen molar-refractivity contribution in [2.75, 3.05) is 9.80 Å². The second-order valence-corrected chi connectivity index (χ2v) is 9.18. The van der Waals surface area contributed by atoms with E-state index >= 15 is 0 Å². The number of hydrogen-bond donors (Lipinski definition) is 0. The van der Waals surface area contributed by atoms with Crippen molar-refractivity contribution in [2.45, 2.75) is 38.5 Å². The monoisotopic (exact) mass is 440 g/mol. The first-order chi connectivity index (χ1) is 16.2. The minimum absolute atomic E-state index is 0.160. The fourth-order valence-electron chi connectivity index (χ4n) is 4.71. The molecule has 0 radical (unpaired) electrons. The van der Waals surface area contributed by atoms with E-state index in [1.807, 2.05) is 46.2 Å². The molecule has 3 heteroatoms. The second kappa shape index (κ2) is 8.41. The molecule has 2 heterocycles. The molecular weight excluding hydrogens is 416 g/mol. The Morgan fingerprint density at radius 3 is 1.50 bits per heavy atom.